The van der Waals surface area contributed by atoms with E-state index in [4.69, 9.17) is 5.14 Å². The average molecular weight is 109 g/mol. The van der Waals surface area contributed by atoms with Crippen LogP contribution in [0.2, 0.25) is 0 Å². The lowest BCUT2D eigenvalue weighted by atomic mass is 11.9. The molecule has 0 unspecified atom stereocenters. The Morgan fingerprint density at radius 3 is 2.40 bits per heavy atom. The van der Waals surface area contributed by atoms with E-state index in [2.05, 4.69) is 0 Å². The molecule has 0 aromatic rings. The maximum absolute atomic E-state index is 5.03. The molecule has 0 aromatic heterocycles. The molecule has 32 valence electrons. The Morgan fingerprint density at radius 1 is 1.80 bits per heavy atom. The average Bonchev–Trinajstić information content (AvgIpc) is 1.41. The van der Waals surface area contributed by atoms with Gasteiger partial charge in [0.25, 0.3) is 0 Å². The molecule has 0 aromatic carbocycles. The van der Waals surface area contributed by atoms with E-state index < -0.39 is 0 Å². The molecule has 0 saturated heterocycles. The fourth-order valence-corrected chi connectivity index (χ4v) is 0.612. The maximum Gasteiger partial charge on any atom is 0.0532 e. The smallest absolute Gasteiger partial charge is 0.0532 e. The van der Waals surface area contributed by atoms with Crippen molar-refractivity contribution in [2.24, 2.45) is 5.14 Å². The van der Waals surface area contributed by atoms with Crippen LogP contribution in [0.1, 0.15) is 0 Å². The minimum Gasteiger partial charge on any atom is -0.277 e. The van der Waals surface area contributed by atoms with Crippen LogP contribution in [0.25, 0.3) is 0 Å². The second-order valence-corrected chi connectivity index (χ2v) is 2.43. The van der Waals surface area contributed by atoms with Gasteiger partial charge >= 0.3 is 0 Å². The van der Waals surface area contributed by atoms with Gasteiger partial charge in [-0.2, -0.15) is 11.8 Å². The number of rotatable bonds is 2. The highest BCUT2D eigenvalue weighted by molar-refractivity contribution is 8.14. The van der Waals surface area contributed by atoms with E-state index in [9.17, 15) is 0 Å². The Bertz CT molecular complexity index is 15.1. The van der Waals surface area contributed by atoms with Gasteiger partial charge < -0.3 is 0 Å². The zero-order chi connectivity index (χ0) is 4.12. The Balaban J connectivity index is 2.19. The molecule has 0 aliphatic heterocycles. The highest BCUT2D eigenvalue weighted by atomic mass is 32.2. The second-order valence-electron chi connectivity index (χ2n) is 0.573. The van der Waals surface area contributed by atoms with Gasteiger partial charge in [0, 0.05) is 0 Å². The van der Waals surface area contributed by atoms with Gasteiger partial charge in [-0.15, -0.1) is 0 Å². The molecule has 0 bridgehead atoms. The third-order valence-corrected chi connectivity index (χ3v) is 1.67. The predicted octanol–water partition coefficient (Wildman–Crippen LogP) is 0.914. The standard InChI is InChI=1S/C2H7NS2/c1-4-2-5-3/h2-3H2,1H3. The first-order chi connectivity index (χ1) is 2.41. The number of nitrogens with two attached hydrogens (primary N) is 1. The van der Waals surface area contributed by atoms with E-state index >= 15 is 0 Å². The van der Waals surface area contributed by atoms with Crippen molar-refractivity contribution in [3.63, 3.8) is 0 Å². The molecule has 0 fully saturated rings. The monoisotopic (exact) mass is 109 g/mol. The Hall–Kier alpha value is 0.660. The summed E-state index contributed by atoms with van der Waals surface area (Å²) in [6.07, 6.45) is 2.03. The molecule has 2 N–H and O–H groups in total. The molecule has 0 saturated carbocycles. The van der Waals surface area contributed by atoms with Crippen molar-refractivity contribution in [3.8, 4) is 0 Å². The van der Waals surface area contributed by atoms with Crippen molar-refractivity contribution in [2.75, 3.05) is 11.3 Å². The highest BCUT2D eigenvalue weighted by Crippen LogP contribution is 1.97. The first-order valence-electron chi connectivity index (χ1n) is 1.22. The third kappa shape index (κ3) is 4.66. The first-order valence-corrected chi connectivity index (χ1v) is 3.66. The molecule has 0 aliphatic carbocycles. The molecule has 0 spiro atoms. The zero-order valence-corrected chi connectivity index (χ0v) is 4.73. The minimum atomic E-state index is 1.00. The van der Waals surface area contributed by atoms with Crippen LogP contribution in [0.15, 0.2) is 0 Å². The fourth-order valence-electron chi connectivity index (χ4n) is 0.0680. The summed E-state index contributed by atoms with van der Waals surface area (Å²) in [5.41, 5.74) is 0. The number of hydrogen-bond acceptors (Lipinski definition) is 3. The van der Waals surface area contributed by atoms with Crippen LogP contribution in [-0.4, -0.2) is 11.3 Å². The quantitative estimate of drug-likeness (QED) is 0.421. The molecule has 0 amide bonds. The van der Waals surface area contributed by atoms with E-state index in [1.54, 1.807) is 11.8 Å². The Kier molecular flexibility index (Phi) is 5.28. The van der Waals surface area contributed by atoms with Gasteiger partial charge in [0.1, 0.15) is 0 Å². The summed E-state index contributed by atoms with van der Waals surface area (Å²) < 4.78 is 0. The van der Waals surface area contributed by atoms with Crippen molar-refractivity contribution in [2.45, 2.75) is 0 Å². The van der Waals surface area contributed by atoms with Crippen LogP contribution < -0.4 is 5.14 Å². The molecule has 5 heavy (non-hydrogen) atoms. The highest BCUT2D eigenvalue weighted by Gasteiger charge is 1.67. The van der Waals surface area contributed by atoms with Crippen LogP contribution in [0, 0.1) is 0 Å². The normalized spacial score (nSPS) is 8.40. The van der Waals surface area contributed by atoms with Crippen molar-refractivity contribution in [3.05, 3.63) is 0 Å². The predicted molar refractivity (Wildman–Crippen MR) is 30.2 cm³/mol. The molecule has 3 heteroatoms. The lowest BCUT2D eigenvalue weighted by Crippen LogP contribution is -1.75. The van der Waals surface area contributed by atoms with Crippen molar-refractivity contribution < 1.29 is 0 Å². The summed E-state index contributed by atoms with van der Waals surface area (Å²) in [7, 11) is 0. The molecular weight excluding hydrogens is 102 g/mol. The van der Waals surface area contributed by atoms with Crippen LogP contribution >= 0.6 is 23.7 Å². The van der Waals surface area contributed by atoms with Crippen molar-refractivity contribution in [1.29, 1.82) is 0 Å². The summed E-state index contributed by atoms with van der Waals surface area (Å²) in [6, 6.07) is 0. The van der Waals surface area contributed by atoms with Gasteiger partial charge in [0.2, 0.25) is 0 Å². The summed E-state index contributed by atoms with van der Waals surface area (Å²) >= 11 is 3.10. The van der Waals surface area contributed by atoms with Gasteiger partial charge in [-0.1, -0.05) is 11.9 Å². The van der Waals surface area contributed by atoms with E-state index in [1.807, 2.05) is 6.26 Å². The molecular formula is C2H7NS2. The number of thioether (sulfide) groups is 1. The molecule has 0 radical (unpaired) electrons. The van der Waals surface area contributed by atoms with Gasteiger partial charge in [-0.3, -0.25) is 5.14 Å². The van der Waals surface area contributed by atoms with Crippen LogP contribution in [-0.2, 0) is 0 Å². The topological polar surface area (TPSA) is 26.0 Å². The van der Waals surface area contributed by atoms with E-state index in [1.165, 1.54) is 11.9 Å². The van der Waals surface area contributed by atoms with Gasteiger partial charge in [0.15, 0.2) is 0 Å². The molecule has 0 aliphatic rings. The summed E-state index contributed by atoms with van der Waals surface area (Å²) in [4.78, 5) is 0. The molecule has 1 nitrogen and oxygen atoms in total. The van der Waals surface area contributed by atoms with Gasteiger partial charge in [-0.25, -0.2) is 0 Å². The molecule has 0 atom stereocenters. The molecule has 0 rings (SSSR count). The van der Waals surface area contributed by atoms with Gasteiger partial charge in [-0.05, 0) is 6.26 Å². The maximum atomic E-state index is 5.03. The summed E-state index contributed by atoms with van der Waals surface area (Å²) in [5.74, 6) is 0. The fraction of sp³-hybridized carbons (Fsp3) is 1.00. The Labute approximate surface area is 40.8 Å². The van der Waals surface area contributed by atoms with Crippen molar-refractivity contribution in [1.82, 2.24) is 0 Å². The summed E-state index contributed by atoms with van der Waals surface area (Å²) in [5, 5.41) is 6.03. The van der Waals surface area contributed by atoms with Crippen LogP contribution in [0.3, 0.4) is 0 Å². The van der Waals surface area contributed by atoms with E-state index in [0.717, 1.165) is 5.08 Å². The largest absolute Gasteiger partial charge is 0.277 e. The zero-order valence-electron chi connectivity index (χ0n) is 3.10. The second kappa shape index (κ2) is 4.66. The third-order valence-electron chi connectivity index (χ3n) is 0.186. The SMILES string of the molecule is CSCSN. The lowest BCUT2D eigenvalue weighted by molar-refractivity contribution is 1.99. The number of hydrogen-bond donors (Lipinski definition) is 1. The molecule has 0 heterocycles. The first kappa shape index (κ1) is 5.66. The van der Waals surface area contributed by atoms with E-state index in [-0.39, 0.29) is 0 Å². The minimum absolute atomic E-state index is 1.00. The van der Waals surface area contributed by atoms with E-state index in [0.29, 0.717) is 0 Å². The Morgan fingerprint density at radius 2 is 2.40 bits per heavy atom. The van der Waals surface area contributed by atoms with Gasteiger partial charge in [0.05, 0.1) is 5.08 Å². The van der Waals surface area contributed by atoms with Crippen LogP contribution in [0.4, 0.5) is 0 Å². The van der Waals surface area contributed by atoms with Crippen molar-refractivity contribution >= 4 is 23.7 Å². The van der Waals surface area contributed by atoms with Crippen LogP contribution in [0.5, 0.6) is 0 Å². The summed E-state index contributed by atoms with van der Waals surface area (Å²) in [6.45, 7) is 0. The lowest BCUT2D eigenvalue weighted by Gasteiger charge is -1.80.